The maximum Gasteiger partial charge on any atom is 0.267 e. The van der Waals surface area contributed by atoms with E-state index in [1.807, 2.05) is 12.1 Å². The molecule has 0 aliphatic carbocycles. The lowest BCUT2D eigenvalue weighted by Crippen LogP contribution is -2.50. The maximum absolute atomic E-state index is 12.2. The molecule has 1 aliphatic rings. The van der Waals surface area contributed by atoms with Gasteiger partial charge in [0.25, 0.3) is 11.8 Å². The molecule has 0 radical (unpaired) electrons. The van der Waals surface area contributed by atoms with E-state index < -0.39 is 17.9 Å². The number of rotatable bonds is 6. The number of carbonyl (C=O) groups is 2. The van der Waals surface area contributed by atoms with Crippen molar-refractivity contribution in [2.75, 3.05) is 32.8 Å². The predicted octanol–water partition coefficient (Wildman–Crippen LogP) is 1.12. The molecule has 2 aromatic rings. The van der Waals surface area contributed by atoms with Gasteiger partial charge in [-0.05, 0) is 42.0 Å². The fraction of sp³-hybridized carbons (Fsp3) is 0.333. The molecule has 1 fully saturated rings. The van der Waals surface area contributed by atoms with Gasteiger partial charge >= 0.3 is 0 Å². The van der Waals surface area contributed by atoms with E-state index in [-0.39, 0.29) is 14.0 Å². The zero-order chi connectivity index (χ0) is 22.1. The predicted molar refractivity (Wildman–Crippen MR) is 122 cm³/mol. The molecule has 8 nitrogen and oxygen atoms in total. The van der Waals surface area contributed by atoms with Crippen LogP contribution in [0.5, 0.6) is 0 Å². The lowest BCUT2D eigenvalue weighted by molar-refractivity contribution is -0.130. The average molecular weight is 439 g/mol. The van der Waals surface area contributed by atoms with Crippen molar-refractivity contribution in [1.82, 2.24) is 15.7 Å². The Morgan fingerprint density at radius 2 is 1.59 bits per heavy atom. The second-order valence-corrected chi connectivity index (χ2v) is 7.15. The number of nitrogens with two attached hydrogens (primary N) is 1. The van der Waals surface area contributed by atoms with Crippen molar-refractivity contribution in [2.24, 2.45) is 5.73 Å². The van der Waals surface area contributed by atoms with Gasteiger partial charge in [-0.15, -0.1) is 0 Å². The minimum atomic E-state index is -1.01. The fourth-order valence-corrected chi connectivity index (χ4v) is 3.11. The first kappa shape index (κ1) is 25.0. The van der Waals surface area contributed by atoms with Crippen LogP contribution in [0.2, 0.25) is 0 Å². The molecule has 0 spiro atoms. The van der Waals surface area contributed by atoms with Crippen LogP contribution in [0.1, 0.15) is 34.5 Å². The molecule has 32 heavy (non-hydrogen) atoms. The number of nitrogens with zero attached hydrogens (tertiary/aromatic N) is 1. The lowest BCUT2D eigenvalue weighted by atomic mass is 10.1. The van der Waals surface area contributed by atoms with Gasteiger partial charge in [-0.2, -0.15) is 0 Å². The van der Waals surface area contributed by atoms with E-state index >= 15 is 0 Å². The van der Waals surface area contributed by atoms with Gasteiger partial charge < -0.3 is 15.8 Å². The smallest absolute Gasteiger partial charge is 0.267 e. The van der Waals surface area contributed by atoms with Gasteiger partial charge in [0, 0.05) is 42.9 Å². The Bertz CT molecular complexity index is 943. The van der Waals surface area contributed by atoms with Crippen LogP contribution >= 0.6 is 0 Å². The van der Waals surface area contributed by atoms with Crippen LogP contribution in [-0.2, 0) is 16.1 Å². The van der Waals surface area contributed by atoms with Crippen molar-refractivity contribution in [1.29, 1.82) is 0 Å². The Balaban J connectivity index is 0.00000363. The summed E-state index contributed by atoms with van der Waals surface area (Å²) in [5.74, 6) is 4.97. The molecule has 0 bridgehead atoms. The molecule has 5 N–H and O–H groups in total. The molecule has 8 heteroatoms. The van der Waals surface area contributed by atoms with Gasteiger partial charge in [-0.3, -0.25) is 19.7 Å². The van der Waals surface area contributed by atoms with Crippen LogP contribution < -0.4 is 16.5 Å². The second kappa shape index (κ2) is 12.6. The van der Waals surface area contributed by atoms with Crippen LogP contribution in [0.15, 0.2) is 48.5 Å². The highest BCUT2D eigenvalue weighted by molar-refractivity contribution is 5.97. The van der Waals surface area contributed by atoms with E-state index in [1.165, 1.54) is 11.0 Å². The van der Waals surface area contributed by atoms with Crippen molar-refractivity contribution >= 4 is 11.8 Å². The van der Waals surface area contributed by atoms with Gasteiger partial charge in [-0.25, -0.2) is 5.48 Å². The van der Waals surface area contributed by atoms with E-state index in [0.717, 1.165) is 44.0 Å². The number of hydroxylamine groups is 1. The summed E-state index contributed by atoms with van der Waals surface area (Å²) in [6.07, 6.45) is 0. The standard InChI is InChI=1S/C23H26N4O4.CH4/c24-15-21(23(29)26-30)25-22(28)20-9-7-18(8-10-20)2-1-17-3-5-19(6-4-17)16-27-11-13-31-14-12-27;/h3-10,21,30H,11-16,24H2,(H,25,28)(H,26,29);1H4/t21-;/m0./s1. The average Bonchev–Trinajstić information content (AvgIpc) is 2.82. The molecular formula is C24H30N4O4. The van der Waals surface area contributed by atoms with E-state index in [4.69, 9.17) is 15.7 Å². The first-order valence-electron chi connectivity index (χ1n) is 10.0. The van der Waals surface area contributed by atoms with Crippen LogP contribution in [0.25, 0.3) is 0 Å². The van der Waals surface area contributed by atoms with Gasteiger partial charge in [0.05, 0.1) is 13.2 Å². The van der Waals surface area contributed by atoms with Crippen LogP contribution in [-0.4, -0.2) is 60.8 Å². The third-order valence-electron chi connectivity index (χ3n) is 4.93. The van der Waals surface area contributed by atoms with E-state index in [2.05, 4.69) is 34.2 Å². The largest absolute Gasteiger partial charge is 0.379 e. The maximum atomic E-state index is 12.2. The summed E-state index contributed by atoms with van der Waals surface area (Å²) in [4.78, 5) is 26.0. The Morgan fingerprint density at radius 1 is 1.03 bits per heavy atom. The zero-order valence-electron chi connectivity index (χ0n) is 17.1. The Kier molecular flexibility index (Phi) is 9.85. The summed E-state index contributed by atoms with van der Waals surface area (Å²) in [5, 5.41) is 11.1. The number of carbonyl (C=O) groups excluding carboxylic acids is 2. The third-order valence-corrected chi connectivity index (χ3v) is 4.93. The lowest BCUT2D eigenvalue weighted by Gasteiger charge is -2.26. The monoisotopic (exact) mass is 438 g/mol. The molecule has 0 unspecified atom stereocenters. The molecule has 1 atom stereocenters. The highest BCUT2D eigenvalue weighted by atomic mass is 16.5. The summed E-state index contributed by atoms with van der Waals surface area (Å²) in [6, 6.07) is 13.9. The number of morpholine rings is 1. The van der Waals surface area contributed by atoms with E-state index in [1.54, 1.807) is 24.3 Å². The molecule has 1 aliphatic heterocycles. The zero-order valence-corrected chi connectivity index (χ0v) is 17.1. The fourth-order valence-electron chi connectivity index (χ4n) is 3.11. The summed E-state index contributed by atoms with van der Waals surface area (Å²) < 4.78 is 5.37. The van der Waals surface area contributed by atoms with Gasteiger partial charge in [0.1, 0.15) is 6.04 Å². The minimum absolute atomic E-state index is 0. The molecule has 1 saturated heterocycles. The van der Waals surface area contributed by atoms with Crippen LogP contribution in [0, 0.1) is 11.8 Å². The molecule has 170 valence electrons. The molecule has 3 rings (SSSR count). The Labute approximate surface area is 188 Å². The normalized spacial score (nSPS) is 14.3. The number of benzene rings is 2. The Morgan fingerprint density at radius 3 is 2.12 bits per heavy atom. The number of nitrogens with one attached hydrogen (secondary N) is 2. The number of hydrogen-bond acceptors (Lipinski definition) is 6. The van der Waals surface area contributed by atoms with Gasteiger partial charge in [0.15, 0.2) is 0 Å². The van der Waals surface area contributed by atoms with Crippen molar-refractivity contribution in [3.05, 3.63) is 70.8 Å². The number of ether oxygens (including phenoxy) is 1. The van der Waals surface area contributed by atoms with Crippen LogP contribution in [0.3, 0.4) is 0 Å². The van der Waals surface area contributed by atoms with Crippen molar-refractivity contribution in [3.8, 4) is 11.8 Å². The SMILES string of the molecule is C.NC[C@H](NC(=O)c1ccc(C#Cc2ccc(CN3CCOCC3)cc2)cc1)C(=O)NO. The van der Waals surface area contributed by atoms with Gasteiger partial charge in [0.2, 0.25) is 0 Å². The summed E-state index contributed by atoms with van der Waals surface area (Å²) in [7, 11) is 0. The minimum Gasteiger partial charge on any atom is -0.379 e. The van der Waals surface area contributed by atoms with Gasteiger partial charge in [-0.1, -0.05) is 31.4 Å². The van der Waals surface area contributed by atoms with E-state index in [0.29, 0.717) is 5.56 Å². The topological polar surface area (TPSA) is 117 Å². The summed E-state index contributed by atoms with van der Waals surface area (Å²) in [5.41, 5.74) is 10.2. The molecule has 2 aromatic carbocycles. The first-order valence-corrected chi connectivity index (χ1v) is 10.0. The van der Waals surface area contributed by atoms with Crippen LogP contribution in [0.4, 0.5) is 0 Å². The number of amides is 2. The quantitative estimate of drug-likeness (QED) is 0.305. The number of hydrogen-bond donors (Lipinski definition) is 4. The molecule has 1 heterocycles. The van der Waals surface area contributed by atoms with Crippen molar-refractivity contribution in [3.63, 3.8) is 0 Å². The summed E-state index contributed by atoms with van der Waals surface area (Å²) in [6.45, 7) is 4.26. The van der Waals surface area contributed by atoms with E-state index in [9.17, 15) is 9.59 Å². The highest BCUT2D eigenvalue weighted by Crippen LogP contribution is 2.09. The molecule has 0 saturated carbocycles. The first-order chi connectivity index (χ1) is 15.1. The molecular weight excluding hydrogens is 408 g/mol. The second-order valence-electron chi connectivity index (χ2n) is 7.15. The molecule has 2 amide bonds. The summed E-state index contributed by atoms with van der Waals surface area (Å²) >= 11 is 0. The molecule has 0 aromatic heterocycles. The third kappa shape index (κ3) is 7.18. The highest BCUT2D eigenvalue weighted by Gasteiger charge is 2.19. The Hall–Kier alpha value is -3.22. The van der Waals surface area contributed by atoms with Crippen molar-refractivity contribution in [2.45, 2.75) is 20.0 Å². The van der Waals surface area contributed by atoms with Crippen molar-refractivity contribution < 1.29 is 19.5 Å².